The molecule has 0 saturated carbocycles. The minimum atomic E-state index is 0.851. The van der Waals surface area contributed by atoms with Crippen molar-refractivity contribution >= 4 is 11.3 Å². The topological polar surface area (TPSA) is 24.9 Å². The van der Waals surface area contributed by atoms with Gasteiger partial charge in [-0.2, -0.15) is 0 Å². The third kappa shape index (κ3) is 2.68. The average molecular weight is 232 g/mol. The highest BCUT2D eigenvalue weighted by molar-refractivity contribution is 7.09. The van der Waals surface area contributed by atoms with Crippen LogP contribution >= 0.6 is 11.3 Å². The molecule has 0 spiro atoms. The molecule has 0 aliphatic carbocycles. The van der Waals surface area contributed by atoms with Crippen LogP contribution in [0.2, 0.25) is 0 Å². The van der Waals surface area contributed by atoms with Gasteiger partial charge in [-0.05, 0) is 25.1 Å². The molecule has 1 aromatic heterocycles. The maximum Gasteiger partial charge on any atom is 0.0972 e. The molecule has 0 unspecified atom stereocenters. The molecule has 16 heavy (non-hydrogen) atoms. The molecule has 0 saturated heterocycles. The van der Waals surface area contributed by atoms with E-state index in [0.717, 1.165) is 18.7 Å². The van der Waals surface area contributed by atoms with E-state index in [9.17, 15) is 0 Å². The standard InChI is InChI=1S/C13H16N2S/c1-10-5-3-4-6-11(10)7-13-15-12(8-14-2)9-16-13/h3-6,9,14H,7-8H2,1-2H3. The molecule has 2 rings (SSSR count). The number of aromatic nitrogens is 1. The van der Waals surface area contributed by atoms with Gasteiger partial charge >= 0.3 is 0 Å². The lowest BCUT2D eigenvalue weighted by Gasteiger charge is -2.02. The summed E-state index contributed by atoms with van der Waals surface area (Å²) in [6, 6.07) is 8.49. The van der Waals surface area contributed by atoms with Crippen LogP contribution in [0.1, 0.15) is 21.8 Å². The monoisotopic (exact) mass is 232 g/mol. The number of nitrogens with one attached hydrogen (secondary N) is 1. The molecule has 0 aliphatic heterocycles. The first-order valence-electron chi connectivity index (χ1n) is 5.42. The number of nitrogens with zero attached hydrogens (tertiary/aromatic N) is 1. The van der Waals surface area contributed by atoms with Crippen LogP contribution in [0, 0.1) is 6.92 Å². The molecule has 0 bridgehead atoms. The Balaban J connectivity index is 2.11. The zero-order valence-electron chi connectivity index (χ0n) is 9.66. The quantitative estimate of drug-likeness (QED) is 0.876. The summed E-state index contributed by atoms with van der Waals surface area (Å²) >= 11 is 1.74. The molecule has 2 aromatic rings. The van der Waals surface area contributed by atoms with Gasteiger partial charge in [-0.15, -0.1) is 11.3 Å². The number of hydrogen-bond donors (Lipinski definition) is 1. The van der Waals surface area contributed by atoms with Gasteiger partial charge in [0.05, 0.1) is 10.7 Å². The van der Waals surface area contributed by atoms with Gasteiger partial charge in [0.15, 0.2) is 0 Å². The number of aryl methyl sites for hydroxylation is 1. The molecule has 3 heteroatoms. The zero-order valence-corrected chi connectivity index (χ0v) is 10.5. The highest BCUT2D eigenvalue weighted by Crippen LogP contribution is 2.17. The molecule has 1 aromatic carbocycles. The SMILES string of the molecule is CNCc1csc(Cc2ccccc2C)n1. The molecule has 0 aliphatic rings. The van der Waals surface area contributed by atoms with Crippen LogP contribution in [0.25, 0.3) is 0 Å². The van der Waals surface area contributed by atoms with E-state index in [2.05, 4.69) is 46.9 Å². The van der Waals surface area contributed by atoms with Crippen molar-refractivity contribution in [3.05, 3.63) is 51.5 Å². The second kappa shape index (κ2) is 5.23. The first-order valence-corrected chi connectivity index (χ1v) is 6.30. The number of hydrogen-bond acceptors (Lipinski definition) is 3. The Morgan fingerprint density at radius 2 is 2.12 bits per heavy atom. The van der Waals surface area contributed by atoms with Crippen molar-refractivity contribution in [1.82, 2.24) is 10.3 Å². The fourth-order valence-corrected chi connectivity index (χ4v) is 2.48. The summed E-state index contributed by atoms with van der Waals surface area (Å²) in [6.07, 6.45) is 0.945. The molecular formula is C13H16N2S. The number of thiazole rings is 1. The summed E-state index contributed by atoms with van der Waals surface area (Å²) in [5, 5.41) is 6.44. The van der Waals surface area contributed by atoms with E-state index in [1.165, 1.54) is 16.1 Å². The van der Waals surface area contributed by atoms with Crippen molar-refractivity contribution < 1.29 is 0 Å². The smallest absolute Gasteiger partial charge is 0.0972 e. The van der Waals surface area contributed by atoms with Crippen LogP contribution in [-0.4, -0.2) is 12.0 Å². The number of rotatable bonds is 4. The number of benzene rings is 1. The van der Waals surface area contributed by atoms with Gasteiger partial charge in [0.1, 0.15) is 0 Å². The van der Waals surface area contributed by atoms with Crippen molar-refractivity contribution in [1.29, 1.82) is 0 Å². The van der Waals surface area contributed by atoms with Crippen LogP contribution in [0.5, 0.6) is 0 Å². The molecule has 2 nitrogen and oxygen atoms in total. The van der Waals surface area contributed by atoms with Crippen molar-refractivity contribution in [2.75, 3.05) is 7.05 Å². The van der Waals surface area contributed by atoms with Gasteiger partial charge in [-0.25, -0.2) is 4.98 Å². The summed E-state index contributed by atoms with van der Waals surface area (Å²) in [5.74, 6) is 0. The molecule has 84 valence electrons. The van der Waals surface area contributed by atoms with Gasteiger partial charge in [0.25, 0.3) is 0 Å². The second-order valence-corrected chi connectivity index (χ2v) is 4.81. The molecule has 0 atom stereocenters. The largest absolute Gasteiger partial charge is 0.314 e. The van der Waals surface area contributed by atoms with Gasteiger partial charge in [0, 0.05) is 18.3 Å². The van der Waals surface area contributed by atoms with E-state index in [-0.39, 0.29) is 0 Å². The van der Waals surface area contributed by atoms with Crippen LogP contribution in [-0.2, 0) is 13.0 Å². The fraction of sp³-hybridized carbons (Fsp3) is 0.308. The van der Waals surface area contributed by atoms with Crippen molar-refractivity contribution in [2.24, 2.45) is 0 Å². The summed E-state index contributed by atoms with van der Waals surface area (Å²) in [4.78, 5) is 4.59. The third-order valence-electron chi connectivity index (χ3n) is 2.56. The minimum Gasteiger partial charge on any atom is -0.314 e. The van der Waals surface area contributed by atoms with Gasteiger partial charge < -0.3 is 5.32 Å². The van der Waals surface area contributed by atoms with Crippen molar-refractivity contribution in [2.45, 2.75) is 19.9 Å². The second-order valence-electron chi connectivity index (χ2n) is 3.87. The maximum absolute atomic E-state index is 4.59. The summed E-state index contributed by atoms with van der Waals surface area (Å²) in [7, 11) is 1.94. The normalized spacial score (nSPS) is 10.6. The highest BCUT2D eigenvalue weighted by atomic mass is 32.1. The van der Waals surface area contributed by atoms with E-state index in [1.54, 1.807) is 11.3 Å². The highest BCUT2D eigenvalue weighted by Gasteiger charge is 2.04. The Morgan fingerprint density at radius 3 is 2.88 bits per heavy atom. The lowest BCUT2D eigenvalue weighted by molar-refractivity contribution is 0.793. The zero-order chi connectivity index (χ0) is 11.4. The summed E-state index contributed by atoms with van der Waals surface area (Å²) in [6.45, 7) is 3.00. The van der Waals surface area contributed by atoms with Gasteiger partial charge in [-0.1, -0.05) is 24.3 Å². The Morgan fingerprint density at radius 1 is 1.31 bits per heavy atom. The fourth-order valence-electron chi connectivity index (χ4n) is 1.66. The van der Waals surface area contributed by atoms with Crippen LogP contribution < -0.4 is 5.32 Å². The Hall–Kier alpha value is -1.19. The summed E-state index contributed by atoms with van der Waals surface area (Å²) in [5.41, 5.74) is 3.84. The maximum atomic E-state index is 4.59. The summed E-state index contributed by atoms with van der Waals surface area (Å²) < 4.78 is 0. The van der Waals surface area contributed by atoms with E-state index in [1.807, 2.05) is 7.05 Å². The van der Waals surface area contributed by atoms with E-state index < -0.39 is 0 Å². The van der Waals surface area contributed by atoms with E-state index >= 15 is 0 Å². The Bertz CT molecular complexity index is 462. The van der Waals surface area contributed by atoms with Crippen LogP contribution in [0.3, 0.4) is 0 Å². The molecule has 0 fully saturated rings. The lowest BCUT2D eigenvalue weighted by atomic mass is 10.1. The third-order valence-corrected chi connectivity index (χ3v) is 3.46. The molecule has 0 radical (unpaired) electrons. The minimum absolute atomic E-state index is 0.851. The van der Waals surface area contributed by atoms with Crippen LogP contribution in [0.15, 0.2) is 29.6 Å². The van der Waals surface area contributed by atoms with Crippen molar-refractivity contribution in [3.8, 4) is 0 Å². The average Bonchev–Trinajstić information content (AvgIpc) is 2.70. The van der Waals surface area contributed by atoms with Gasteiger partial charge in [0.2, 0.25) is 0 Å². The van der Waals surface area contributed by atoms with Crippen LogP contribution in [0.4, 0.5) is 0 Å². The Kier molecular flexibility index (Phi) is 3.70. The first kappa shape index (κ1) is 11.3. The van der Waals surface area contributed by atoms with Gasteiger partial charge in [-0.3, -0.25) is 0 Å². The molecule has 1 N–H and O–H groups in total. The van der Waals surface area contributed by atoms with E-state index in [4.69, 9.17) is 0 Å². The molecule has 1 heterocycles. The molecular weight excluding hydrogens is 216 g/mol. The molecule has 0 amide bonds. The predicted octanol–water partition coefficient (Wildman–Crippen LogP) is 2.76. The Labute approximate surface area is 100 Å². The van der Waals surface area contributed by atoms with Crippen molar-refractivity contribution in [3.63, 3.8) is 0 Å². The first-order chi connectivity index (χ1) is 7.79. The lowest BCUT2D eigenvalue weighted by Crippen LogP contribution is -2.05. The van der Waals surface area contributed by atoms with E-state index in [0.29, 0.717) is 0 Å². The predicted molar refractivity (Wildman–Crippen MR) is 68.9 cm³/mol.